The molecular weight excluding hydrogens is 256 g/mol. The Bertz CT molecular complexity index is 645. The number of aryl methyl sites for hydroxylation is 2. The van der Waals surface area contributed by atoms with Crippen LogP contribution in [0, 0.1) is 13.8 Å². The van der Waals surface area contributed by atoms with Gasteiger partial charge in [0.05, 0.1) is 5.69 Å². The zero-order valence-corrected chi connectivity index (χ0v) is 12.5. The minimum Gasteiger partial charge on any atom is -0.361 e. The predicted octanol–water partition coefficient (Wildman–Crippen LogP) is 2.22. The molecule has 0 aliphatic carbocycles. The van der Waals surface area contributed by atoms with E-state index in [9.17, 15) is 4.79 Å². The summed E-state index contributed by atoms with van der Waals surface area (Å²) in [4.78, 5) is 16.5. The van der Waals surface area contributed by atoms with Crippen molar-refractivity contribution >= 4 is 5.82 Å². The molecule has 0 aliphatic heterocycles. The monoisotopic (exact) mass is 276 g/mol. The summed E-state index contributed by atoms with van der Waals surface area (Å²) in [6, 6.07) is 0. The fourth-order valence-corrected chi connectivity index (χ4v) is 1.99. The van der Waals surface area contributed by atoms with E-state index in [-0.39, 0.29) is 11.1 Å². The Labute approximate surface area is 117 Å². The largest absolute Gasteiger partial charge is 0.361 e. The highest BCUT2D eigenvalue weighted by Gasteiger charge is 2.17. The molecule has 0 radical (unpaired) electrons. The lowest BCUT2D eigenvalue weighted by Gasteiger charge is -2.22. The van der Waals surface area contributed by atoms with Crippen LogP contribution in [-0.2, 0) is 12.1 Å². The van der Waals surface area contributed by atoms with Crippen LogP contribution in [0.15, 0.2) is 21.7 Å². The van der Waals surface area contributed by atoms with E-state index in [2.05, 4.69) is 15.5 Å². The van der Waals surface area contributed by atoms with Crippen molar-refractivity contribution in [3.8, 4) is 0 Å². The first-order valence-electron chi connectivity index (χ1n) is 6.54. The van der Waals surface area contributed by atoms with Crippen molar-refractivity contribution in [1.29, 1.82) is 0 Å². The fourth-order valence-electron chi connectivity index (χ4n) is 1.99. The van der Waals surface area contributed by atoms with Gasteiger partial charge in [0, 0.05) is 30.0 Å². The maximum absolute atomic E-state index is 12.3. The molecule has 0 unspecified atom stereocenters. The Morgan fingerprint density at radius 3 is 2.60 bits per heavy atom. The number of hydrogen-bond acceptors (Lipinski definition) is 5. The first kappa shape index (κ1) is 14.3. The standard InChI is InChI=1S/C14H20N4O2/c1-9-11(10(2)20-17-9)8-16-12-13(19)18(7-6-15-12)14(3,4)5/h6-7H,8H2,1-5H3,(H,15,16). The van der Waals surface area contributed by atoms with Crippen LogP contribution in [0.2, 0.25) is 0 Å². The second kappa shape index (κ2) is 5.11. The van der Waals surface area contributed by atoms with E-state index < -0.39 is 0 Å². The molecule has 0 atom stereocenters. The molecule has 0 amide bonds. The second-order valence-electron chi connectivity index (χ2n) is 5.78. The van der Waals surface area contributed by atoms with Gasteiger partial charge in [-0.2, -0.15) is 0 Å². The SMILES string of the molecule is Cc1noc(C)c1CNc1nccn(C(C)(C)C)c1=O. The zero-order chi connectivity index (χ0) is 14.9. The molecule has 1 N–H and O–H groups in total. The van der Waals surface area contributed by atoms with Gasteiger partial charge in [-0.05, 0) is 34.6 Å². The van der Waals surface area contributed by atoms with Crippen LogP contribution < -0.4 is 10.9 Å². The lowest BCUT2D eigenvalue weighted by Crippen LogP contribution is -2.35. The van der Waals surface area contributed by atoms with Crippen molar-refractivity contribution < 1.29 is 4.52 Å². The van der Waals surface area contributed by atoms with Crippen molar-refractivity contribution in [2.75, 3.05) is 5.32 Å². The Morgan fingerprint density at radius 2 is 2.05 bits per heavy atom. The minimum absolute atomic E-state index is 0.133. The van der Waals surface area contributed by atoms with Crippen molar-refractivity contribution in [3.63, 3.8) is 0 Å². The lowest BCUT2D eigenvalue weighted by molar-refractivity contribution is 0.383. The van der Waals surface area contributed by atoms with Gasteiger partial charge in [-0.15, -0.1) is 0 Å². The molecule has 108 valence electrons. The molecule has 2 aromatic heterocycles. The molecule has 0 fully saturated rings. The van der Waals surface area contributed by atoms with Gasteiger partial charge in [-0.1, -0.05) is 5.16 Å². The highest BCUT2D eigenvalue weighted by atomic mass is 16.5. The molecule has 2 heterocycles. The number of rotatable bonds is 3. The molecule has 0 spiro atoms. The average Bonchev–Trinajstić information content (AvgIpc) is 2.67. The average molecular weight is 276 g/mol. The molecule has 2 rings (SSSR count). The van der Waals surface area contributed by atoms with Gasteiger partial charge in [0.25, 0.3) is 5.56 Å². The van der Waals surface area contributed by atoms with E-state index >= 15 is 0 Å². The highest BCUT2D eigenvalue weighted by molar-refractivity contribution is 5.34. The van der Waals surface area contributed by atoms with Crippen LogP contribution in [-0.4, -0.2) is 14.7 Å². The van der Waals surface area contributed by atoms with Crippen molar-refractivity contribution in [2.24, 2.45) is 0 Å². The van der Waals surface area contributed by atoms with Gasteiger partial charge >= 0.3 is 0 Å². The van der Waals surface area contributed by atoms with Crippen molar-refractivity contribution in [1.82, 2.24) is 14.7 Å². The summed E-state index contributed by atoms with van der Waals surface area (Å²) in [5.41, 5.74) is 1.37. The molecule has 20 heavy (non-hydrogen) atoms. The van der Waals surface area contributed by atoms with E-state index in [1.54, 1.807) is 17.0 Å². The Hall–Kier alpha value is -2.11. The number of nitrogens with one attached hydrogen (secondary N) is 1. The number of nitrogens with zero attached hydrogens (tertiary/aromatic N) is 3. The van der Waals surface area contributed by atoms with Gasteiger partial charge in [-0.3, -0.25) is 4.79 Å². The van der Waals surface area contributed by atoms with Gasteiger partial charge in [-0.25, -0.2) is 4.98 Å². The smallest absolute Gasteiger partial charge is 0.293 e. The van der Waals surface area contributed by atoms with Crippen LogP contribution in [0.3, 0.4) is 0 Å². The van der Waals surface area contributed by atoms with E-state index in [1.807, 2.05) is 34.6 Å². The summed E-state index contributed by atoms with van der Waals surface area (Å²) in [5.74, 6) is 1.09. The van der Waals surface area contributed by atoms with Gasteiger partial charge in [0.1, 0.15) is 5.76 Å². The Kier molecular flexibility index (Phi) is 3.65. The zero-order valence-electron chi connectivity index (χ0n) is 12.5. The molecule has 0 bridgehead atoms. The first-order valence-corrected chi connectivity index (χ1v) is 6.54. The van der Waals surface area contributed by atoms with Crippen LogP contribution >= 0.6 is 0 Å². The summed E-state index contributed by atoms with van der Waals surface area (Å²) >= 11 is 0. The summed E-state index contributed by atoms with van der Waals surface area (Å²) in [6.45, 7) is 10.1. The van der Waals surface area contributed by atoms with Crippen molar-refractivity contribution in [2.45, 2.75) is 46.7 Å². The quantitative estimate of drug-likeness (QED) is 0.930. The van der Waals surface area contributed by atoms with Crippen molar-refractivity contribution in [3.05, 3.63) is 39.8 Å². The third-order valence-electron chi connectivity index (χ3n) is 3.18. The fraction of sp³-hybridized carbons (Fsp3) is 0.500. The van der Waals surface area contributed by atoms with E-state index in [0.717, 1.165) is 17.0 Å². The highest BCUT2D eigenvalue weighted by Crippen LogP contribution is 2.14. The van der Waals surface area contributed by atoms with Crippen LogP contribution in [0.4, 0.5) is 5.82 Å². The van der Waals surface area contributed by atoms with E-state index in [4.69, 9.17) is 4.52 Å². The molecule has 0 aromatic carbocycles. The Morgan fingerprint density at radius 1 is 1.35 bits per heavy atom. The Balaban J connectivity index is 2.26. The van der Waals surface area contributed by atoms with Crippen LogP contribution in [0.5, 0.6) is 0 Å². The third kappa shape index (κ3) is 2.74. The second-order valence-corrected chi connectivity index (χ2v) is 5.78. The normalized spacial score (nSPS) is 11.7. The first-order chi connectivity index (χ1) is 9.30. The summed E-state index contributed by atoms with van der Waals surface area (Å²) < 4.78 is 6.76. The van der Waals surface area contributed by atoms with Gasteiger partial charge < -0.3 is 14.4 Å². The summed E-state index contributed by atoms with van der Waals surface area (Å²) in [6.07, 6.45) is 3.33. The predicted molar refractivity (Wildman–Crippen MR) is 76.8 cm³/mol. The van der Waals surface area contributed by atoms with Crippen LogP contribution in [0.1, 0.15) is 37.8 Å². The summed E-state index contributed by atoms with van der Waals surface area (Å²) in [5, 5.41) is 6.95. The maximum Gasteiger partial charge on any atom is 0.293 e. The van der Waals surface area contributed by atoms with E-state index in [0.29, 0.717) is 12.4 Å². The number of aromatic nitrogens is 3. The van der Waals surface area contributed by atoms with E-state index in [1.165, 1.54) is 0 Å². The molecular formula is C14H20N4O2. The molecule has 6 heteroatoms. The van der Waals surface area contributed by atoms with Crippen LogP contribution in [0.25, 0.3) is 0 Å². The molecule has 0 aliphatic rings. The number of hydrogen-bond donors (Lipinski definition) is 1. The van der Waals surface area contributed by atoms with Gasteiger partial charge in [0.15, 0.2) is 5.82 Å². The molecule has 6 nitrogen and oxygen atoms in total. The molecule has 0 saturated heterocycles. The minimum atomic E-state index is -0.278. The summed E-state index contributed by atoms with van der Waals surface area (Å²) in [7, 11) is 0. The topological polar surface area (TPSA) is 73.0 Å². The maximum atomic E-state index is 12.3. The lowest BCUT2D eigenvalue weighted by atomic mass is 10.1. The molecule has 2 aromatic rings. The third-order valence-corrected chi connectivity index (χ3v) is 3.18. The molecule has 0 saturated carbocycles. The number of anilines is 1. The van der Waals surface area contributed by atoms with Gasteiger partial charge in [0.2, 0.25) is 0 Å².